The molecule has 1 aliphatic rings. The van der Waals surface area contributed by atoms with E-state index in [4.69, 9.17) is 0 Å². The molecule has 4 heteroatoms. The van der Waals surface area contributed by atoms with Gasteiger partial charge in [-0.15, -0.1) is 12.4 Å². The molecule has 1 fully saturated rings. The fourth-order valence-electron chi connectivity index (χ4n) is 0.832. The normalized spacial score (nSPS) is 24.3. The quantitative estimate of drug-likeness (QED) is 0.556. The molecule has 0 aliphatic carbocycles. The molecule has 0 spiro atoms. The van der Waals surface area contributed by atoms with Crippen molar-refractivity contribution in [2.75, 3.05) is 19.6 Å². The fourth-order valence-corrected chi connectivity index (χ4v) is 0.832. The van der Waals surface area contributed by atoms with Gasteiger partial charge in [-0.2, -0.15) is 0 Å². The van der Waals surface area contributed by atoms with Crippen molar-refractivity contribution in [3.8, 4) is 0 Å². The van der Waals surface area contributed by atoms with Gasteiger partial charge < -0.3 is 0 Å². The van der Waals surface area contributed by atoms with E-state index in [0.29, 0.717) is 0 Å². The highest BCUT2D eigenvalue weighted by Crippen LogP contribution is 2.25. The Morgan fingerprint density at radius 2 is 1.89 bits per heavy atom. The second kappa shape index (κ2) is 2.80. The Morgan fingerprint density at radius 1 is 1.44 bits per heavy atom. The van der Waals surface area contributed by atoms with Crippen LogP contribution in [0.3, 0.4) is 0 Å². The molecule has 56 valence electrons. The second-order valence-electron chi connectivity index (χ2n) is 2.16. The first kappa shape index (κ1) is 9.11. The van der Waals surface area contributed by atoms with Crippen molar-refractivity contribution in [1.82, 2.24) is 4.90 Å². The number of alkyl halides is 2. The van der Waals surface area contributed by atoms with E-state index in [0.717, 1.165) is 6.54 Å². The minimum absolute atomic E-state index is 0. The van der Waals surface area contributed by atoms with E-state index in [1.54, 1.807) is 4.90 Å². The number of rotatable bonds is 1. The van der Waals surface area contributed by atoms with Crippen molar-refractivity contribution in [2.24, 2.45) is 0 Å². The van der Waals surface area contributed by atoms with Crippen molar-refractivity contribution in [3.05, 3.63) is 0 Å². The molecule has 1 saturated heterocycles. The summed E-state index contributed by atoms with van der Waals surface area (Å²) in [6, 6.07) is 0. The van der Waals surface area contributed by atoms with Gasteiger partial charge in [0.15, 0.2) is 0 Å². The van der Waals surface area contributed by atoms with Crippen LogP contribution >= 0.6 is 12.4 Å². The maximum Gasteiger partial charge on any atom is 0.272 e. The van der Waals surface area contributed by atoms with Gasteiger partial charge in [0.2, 0.25) is 0 Å². The molecule has 0 radical (unpaired) electrons. The van der Waals surface area contributed by atoms with Crippen LogP contribution in [-0.4, -0.2) is 30.5 Å². The van der Waals surface area contributed by atoms with Gasteiger partial charge in [0, 0.05) is 0 Å². The molecule has 1 heterocycles. The standard InChI is InChI=1S/C5H9F2N.ClH/c1-2-8-3-5(6,7)4-8;/h2-4H2,1H3;1H. The van der Waals surface area contributed by atoms with E-state index >= 15 is 0 Å². The molecule has 9 heavy (non-hydrogen) atoms. The van der Waals surface area contributed by atoms with E-state index in [9.17, 15) is 8.78 Å². The zero-order valence-corrected chi connectivity index (χ0v) is 6.05. The Labute approximate surface area is 59.4 Å². The Morgan fingerprint density at radius 3 is 2.00 bits per heavy atom. The van der Waals surface area contributed by atoms with Crippen LogP contribution in [0.25, 0.3) is 0 Å². The summed E-state index contributed by atoms with van der Waals surface area (Å²) in [7, 11) is 0. The lowest BCUT2D eigenvalue weighted by atomic mass is 10.1. The molecule has 0 amide bonds. The number of nitrogens with zero attached hydrogens (tertiary/aromatic N) is 1. The number of likely N-dealkylation sites (tertiary alicyclic amines) is 1. The summed E-state index contributed by atoms with van der Waals surface area (Å²) < 4.78 is 23.9. The smallest absolute Gasteiger partial charge is 0.272 e. The van der Waals surface area contributed by atoms with Crippen LogP contribution in [0.4, 0.5) is 8.78 Å². The molecule has 0 N–H and O–H groups in total. The van der Waals surface area contributed by atoms with Gasteiger partial charge in [-0.05, 0) is 6.54 Å². The fraction of sp³-hybridized carbons (Fsp3) is 1.00. The summed E-state index contributed by atoms with van der Waals surface area (Å²) in [5.74, 6) is -2.38. The van der Waals surface area contributed by atoms with E-state index in [1.807, 2.05) is 6.92 Å². The Hall–Kier alpha value is 0.110. The molecular weight excluding hydrogens is 148 g/mol. The Kier molecular flexibility index (Phi) is 2.83. The maximum atomic E-state index is 11.9. The van der Waals surface area contributed by atoms with Crippen LogP contribution in [0.2, 0.25) is 0 Å². The Bertz CT molecular complexity index is 89.0. The zero-order valence-electron chi connectivity index (χ0n) is 5.23. The molecule has 0 unspecified atom stereocenters. The second-order valence-corrected chi connectivity index (χ2v) is 2.16. The third-order valence-electron chi connectivity index (χ3n) is 1.36. The van der Waals surface area contributed by atoms with Gasteiger partial charge in [0.05, 0.1) is 13.1 Å². The summed E-state index contributed by atoms with van der Waals surface area (Å²) in [5, 5.41) is 0. The van der Waals surface area contributed by atoms with Gasteiger partial charge in [0.25, 0.3) is 5.92 Å². The summed E-state index contributed by atoms with van der Waals surface area (Å²) in [4.78, 5) is 1.71. The van der Waals surface area contributed by atoms with Crippen LogP contribution < -0.4 is 0 Å². The maximum absolute atomic E-state index is 11.9. The van der Waals surface area contributed by atoms with Crippen LogP contribution in [-0.2, 0) is 0 Å². The summed E-state index contributed by atoms with van der Waals surface area (Å²) in [5.41, 5.74) is 0. The molecule has 0 aromatic carbocycles. The van der Waals surface area contributed by atoms with Crippen LogP contribution in [0.1, 0.15) is 6.92 Å². The van der Waals surface area contributed by atoms with Gasteiger partial charge in [-0.1, -0.05) is 6.92 Å². The third-order valence-corrected chi connectivity index (χ3v) is 1.36. The number of hydrogen-bond donors (Lipinski definition) is 0. The van der Waals surface area contributed by atoms with E-state index in [1.165, 1.54) is 0 Å². The van der Waals surface area contributed by atoms with Gasteiger partial charge in [-0.3, -0.25) is 4.90 Å². The summed E-state index contributed by atoms with van der Waals surface area (Å²) in [6.45, 7) is 2.55. The molecular formula is C5H10ClF2N. The van der Waals surface area contributed by atoms with Crippen LogP contribution in [0, 0.1) is 0 Å². The van der Waals surface area contributed by atoms with Crippen molar-refractivity contribution in [2.45, 2.75) is 12.8 Å². The number of halogens is 3. The average Bonchev–Trinajstić information content (AvgIpc) is 1.60. The molecule has 0 aromatic heterocycles. The first-order valence-electron chi connectivity index (χ1n) is 2.74. The van der Waals surface area contributed by atoms with E-state index in [2.05, 4.69) is 0 Å². The summed E-state index contributed by atoms with van der Waals surface area (Å²) >= 11 is 0. The number of hydrogen-bond acceptors (Lipinski definition) is 1. The minimum Gasteiger partial charge on any atom is -0.292 e. The molecule has 1 aliphatic heterocycles. The van der Waals surface area contributed by atoms with Gasteiger partial charge in [-0.25, -0.2) is 8.78 Å². The van der Waals surface area contributed by atoms with Crippen molar-refractivity contribution < 1.29 is 8.78 Å². The first-order chi connectivity index (χ1) is 3.64. The zero-order chi connectivity index (χ0) is 6.20. The lowest BCUT2D eigenvalue weighted by Gasteiger charge is -2.37. The monoisotopic (exact) mass is 157 g/mol. The molecule has 1 nitrogen and oxygen atoms in total. The molecule has 0 bridgehead atoms. The largest absolute Gasteiger partial charge is 0.292 e. The Balaban J connectivity index is 0.000000640. The topological polar surface area (TPSA) is 3.24 Å². The van der Waals surface area contributed by atoms with Crippen molar-refractivity contribution in [3.63, 3.8) is 0 Å². The lowest BCUT2D eigenvalue weighted by molar-refractivity contribution is -0.128. The average molecular weight is 158 g/mol. The SMILES string of the molecule is CCN1CC(F)(F)C1.Cl. The molecule has 0 atom stereocenters. The van der Waals surface area contributed by atoms with Gasteiger partial charge >= 0.3 is 0 Å². The predicted molar refractivity (Wildman–Crippen MR) is 34.3 cm³/mol. The van der Waals surface area contributed by atoms with E-state index in [-0.39, 0.29) is 25.5 Å². The predicted octanol–water partition coefficient (Wildman–Crippen LogP) is 1.38. The highest BCUT2D eigenvalue weighted by Gasteiger charge is 2.42. The van der Waals surface area contributed by atoms with Crippen molar-refractivity contribution in [1.29, 1.82) is 0 Å². The third kappa shape index (κ3) is 2.06. The molecule has 1 rings (SSSR count). The minimum atomic E-state index is -2.38. The van der Waals surface area contributed by atoms with Crippen LogP contribution in [0.5, 0.6) is 0 Å². The highest BCUT2D eigenvalue weighted by atomic mass is 35.5. The lowest BCUT2D eigenvalue weighted by Crippen LogP contribution is -2.55. The first-order valence-corrected chi connectivity index (χ1v) is 2.74. The molecule has 0 saturated carbocycles. The molecule has 0 aromatic rings. The highest BCUT2D eigenvalue weighted by molar-refractivity contribution is 5.85. The van der Waals surface area contributed by atoms with Crippen LogP contribution in [0.15, 0.2) is 0 Å². The van der Waals surface area contributed by atoms with Crippen molar-refractivity contribution >= 4 is 12.4 Å². The van der Waals surface area contributed by atoms with E-state index < -0.39 is 5.92 Å². The van der Waals surface area contributed by atoms with Gasteiger partial charge in [0.1, 0.15) is 0 Å². The summed E-state index contributed by atoms with van der Waals surface area (Å²) in [6.07, 6.45) is 0.